The second-order valence-electron chi connectivity index (χ2n) is 9.12. The molecule has 10 heteroatoms. The molecule has 0 radical (unpaired) electrons. The number of benzene rings is 3. The third kappa shape index (κ3) is 10.5. The van der Waals surface area contributed by atoms with Gasteiger partial charge in [0.1, 0.15) is 12.4 Å². The Bertz CT molecular complexity index is 1290. The van der Waals surface area contributed by atoms with Crippen LogP contribution in [0.15, 0.2) is 93.3 Å². The van der Waals surface area contributed by atoms with Crippen molar-refractivity contribution in [1.82, 2.24) is 0 Å². The predicted octanol–water partition coefficient (Wildman–Crippen LogP) is 8.22. The number of likely N-dealkylation sites (N-methyl/N-ethyl adjacent to an activating group) is 1. The van der Waals surface area contributed by atoms with E-state index in [0.29, 0.717) is 42.4 Å². The van der Waals surface area contributed by atoms with Crippen molar-refractivity contribution in [3.05, 3.63) is 72.8 Å². The average Bonchev–Trinajstić information content (AvgIpc) is 3.02. The van der Waals surface area contributed by atoms with E-state index < -0.39 is 0 Å². The zero-order chi connectivity index (χ0) is 29.5. The Balaban J connectivity index is 1.48. The van der Waals surface area contributed by atoms with E-state index in [0.717, 1.165) is 24.3 Å². The second kappa shape index (κ2) is 16.5. The Morgan fingerprint density at radius 3 is 1.68 bits per heavy atom. The highest BCUT2D eigenvalue weighted by atomic mass is 16.7. The van der Waals surface area contributed by atoms with Crippen LogP contribution in [0.1, 0.15) is 40.5 Å². The summed E-state index contributed by atoms with van der Waals surface area (Å²) < 4.78 is 15.6. The minimum absolute atomic E-state index is 0.0771. The standard InChI is InChI=1S/C31H37N5O5/c1-5-23(4)31(38)39-21-20-36(7-3)28-16-12-26(13-17-28)34-32-24-8-10-25(11-9-24)33-35-27-14-18-29(19-15-27)40-22-41-30(37)6-2/h8-19,23H,5-7,20-22H2,1-4H3. The molecule has 216 valence electrons. The lowest BCUT2D eigenvalue weighted by Gasteiger charge is -2.23. The molecule has 0 saturated heterocycles. The number of carbonyl (C=O) groups excluding carboxylic acids is 2. The smallest absolute Gasteiger partial charge is 0.308 e. The maximum atomic E-state index is 11.9. The van der Waals surface area contributed by atoms with Gasteiger partial charge in [0, 0.05) is 18.7 Å². The zero-order valence-electron chi connectivity index (χ0n) is 24.0. The van der Waals surface area contributed by atoms with Gasteiger partial charge in [-0.15, -0.1) is 0 Å². The average molecular weight is 560 g/mol. The summed E-state index contributed by atoms with van der Waals surface area (Å²) in [5.74, 6) is 0.0271. The summed E-state index contributed by atoms with van der Waals surface area (Å²) in [4.78, 5) is 25.2. The summed E-state index contributed by atoms with van der Waals surface area (Å²) in [7, 11) is 0. The molecule has 0 bridgehead atoms. The predicted molar refractivity (Wildman–Crippen MR) is 158 cm³/mol. The van der Waals surface area contributed by atoms with Gasteiger partial charge in [0.15, 0.2) is 0 Å². The summed E-state index contributed by atoms with van der Waals surface area (Å²) in [6.45, 7) is 9.29. The van der Waals surface area contributed by atoms with Crippen LogP contribution in [0.4, 0.5) is 28.4 Å². The molecule has 0 N–H and O–H groups in total. The fraction of sp³-hybridized carbons (Fsp3) is 0.355. The van der Waals surface area contributed by atoms with Crippen molar-refractivity contribution in [2.75, 3.05) is 31.4 Å². The number of hydrogen-bond acceptors (Lipinski definition) is 10. The molecule has 10 nitrogen and oxygen atoms in total. The molecule has 0 aromatic heterocycles. The third-order valence-electron chi connectivity index (χ3n) is 6.20. The maximum Gasteiger partial charge on any atom is 0.308 e. The Morgan fingerprint density at radius 2 is 1.22 bits per heavy atom. The van der Waals surface area contributed by atoms with Crippen LogP contribution in [0.2, 0.25) is 0 Å². The summed E-state index contributed by atoms with van der Waals surface area (Å²) in [5.41, 5.74) is 3.78. The molecule has 0 aliphatic rings. The van der Waals surface area contributed by atoms with Gasteiger partial charge in [-0.25, -0.2) is 0 Å². The molecule has 0 amide bonds. The molecule has 3 aromatic rings. The van der Waals surface area contributed by atoms with Crippen LogP contribution in [-0.4, -0.2) is 38.4 Å². The van der Waals surface area contributed by atoms with Crippen LogP contribution in [0.25, 0.3) is 0 Å². The highest BCUT2D eigenvalue weighted by Gasteiger charge is 2.12. The monoisotopic (exact) mass is 559 g/mol. The lowest BCUT2D eigenvalue weighted by atomic mass is 10.1. The van der Waals surface area contributed by atoms with Crippen LogP contribution in [-0.2, 0) is 19.1 Å². The molecule has 3 rings (SSSR count). The highest BCUT2D eigenvalue weighted by molar-refractivity contribution is 5.72. The zero-order valence-corrected chi connectivity index (χ0v) is 24.0. The summed E-state index contributed by atoms with van der Waals surface area (Å²) in [5, 5.41) is 17.1. The number of nitrogens with zero attached hydrogens (tertiary/aromatic N) is 5. The minimum Gasteiger partial charge on any atom is -0.464 e. The van der Waals surface area contributed by atoms with E-state index >= 15 is 0 Å². The van der Waals surface area contributed by atoms with Crippen LogP contribution in [0.3, 0.4) is 0 Å². The van der Waals surface area contributed by atoms with E-state index in [1.165, 1.54) is 0 Å². The molecular weight excluding hydrogens is 522 g/mol. The number of hydrogen-bond donors (Lipinski definition) is 0. The fourth-order valence-corrected chi connectivity index (χ4v) is 3.46. The second-order valence-corrected chi connectivity index (χ2v) is 9.12. The normalized spacial score (nSPS) is 11.9. The molecule has 0 saturated carbocycles. The van der Waals surface area contributed by atoms with Gasteiger partial charge in [-0.1, -0.05) is 20.8 Å². The Labute approximate surface area is 241 Å². The van der Waals surface area contributed by atoms with E-state index in [1.807, 2.05) is 62.4 Å². The Kier molecular flexibility index (Phi) is 12.4. The van der Waals surface area contributed by atoms with E-state index in [2.05, 4.69) is 32.3 Å². The molecule has 0 aliphatic carbocycles. The van der Waals surface area contributed by atoms with Crippen molar-refractivity contribution in [1.29, 1.82) is 0 Å². The summed E-state index contributed by atoms with van der Waals surface area (Å²) in [6.07, 6.45) is 1.08. The lowest BCUT2D eigenvalue weighted by molar-refractivity contribution is -0.150. The van der Waals surface area contributed by atoms with Gasteiger partial charge in [0.25, 0.3) is 0 Å². The van der Waals surface area contributed by atoms with Gasteiger partial charge in [0.05, 0.1) is 35.2 Å². The first kappa shape index (κ1) is 30.9. The van der Waals surface area contributed by atoms with Crippen molar-refractivity contribution >= 4 is 40.4 Å². The van der Waals surface area contributed by atoms with Gasteiger partial charge in [-0.3, -0.25) is 9.59 Å². The quantitative estimate of drug-likeness (QED) is 0.105. The first-order valence-electron chi connectivity index (χ1n) is 13.8. The first-order valence-corrected chi connectivity index (χ1v) is 13.8. The van der Waals surface area contributed by atoms with Crippen LogP contribution in [0, 0.1) is 5.92 Å². The number of azo groups is 2. The van der Waals surface area contributed by atoms with Gasteiger partial charge in [0.2, 0.25) is 6.79 Å². The molecule has 3 aromatic carbocycles. The number of ether oxygens (including phenoxy) is 3. The highest BCUT2D eigenvalue weighted by Crippen LogP contribution is 2.25. The van der Waals surface area contributed by atoms with Crippen molar-refractivity contribution in [3.8, 4) is 5.75 Å². The minimum atomic E-state index is -0.314. The molecule has 0 fully saturated rings. The topological polar surface area (TPSA) is 115 Å². The number of esters is 2. The van der Waals surface area contributed by atoms with Crippen LogP contribution in [0.5, 0.6) is 5.75 Å². The van der Waals surface area contributed by atoms with E-state index in [1.54, 1.807) is 31.2 Å². The largest absolute Gasteiger partial charge is 0.464 e. The van der Waals surface area contributed by atoms with E-state index in [9.17, 15) is 9.59 Å². The van der Waals surface area contributed by atoms with Gasteiger partial charge in [-0.05, 0) is 86.1 Å². The SMILES string of the molecule is CCC(=O)OCOc1ccc(N=Nc2ccc(N=Nc3ccc(N(CC)CCOC(=O)C(C)CC)cc3)cc2)cc1. The first-order chi connectivity index (χ1) is 19.9. The van der Waals surface area contributed by atoms with Crippen LogP contribution < -0.4 is 9.64 Å². The van der Waals surface area contributed by atoms with Crippen molar-refractivity contribution < 1.29 is 23.8 Å². The van der Waals surface area contributed by atoms with Crippen molar-refractivity contribution in [2.24, 2.45) is 26.4 Å². The molecule has 1 unspecified atom stereocenters. The van der Waals surface area contributed by atoms with Gasteiger partial charge >= 0.3 is 11.9 Å². The number of rotatable bonds is 15. The molecule has 41 heavy (non-hydrogen) atoms. The molecule has 0 aliphatic heterocycles. The van der Waals surface area contributed by atoms with Crippen molar-refractivity contribution in [2.45, 2.75) is 40.5 Å². The van der Waals surface area contributed by atoms with Crippen LogP contribution >= 0.6 is 0 Å². The molecule has 0 heterocycles. The Hall–Kier alpha value is -4.60. The third-order valence-corrected chi connectivity index (χ3v) is 6.20. The maximum absolute atomic E-state index is 11.9. The summed E-state index contributed by atoms with van der Waals surface area (Å²) in [6, 6.07) is 22.0. The molecule has 1 atom stereocenters. The molecular formula is C31H37N5O5. The fourth-order valence-electron chi connectivity index (χ4n) is 3.46. The summed E-state index contributed by atoms with van der Waals surface area (Å²) >= 11 is 0. The number of anilines is 1. The van der Waals surface area contributed by atoms with Crippen molar-refractivity contribution in [3.63, 3.8) is 0 Å². The van der Waals surface area contributed by atoms with Gasteiger partial charge < -0.3 is 19.1 Å². The Morgan fingerprint density at radius 1 is 0.732 bits per heavy atom. The van der Waals surface area contributed by atoms with E-state index in [-0.39, 0.29) is 24.6 Å². The lowest BCUT2D eigenvalue weighted by Crippen LogP contribution is -2.28. The van der Waals surface area contributed by atoms with E-state index in [4.69, 9.17) is 14.2 Å². The number of carbonyl (C=O) groups is 2. The molecule has 0 spiro atoms. The van der Waals surface area contributed by atoms with Gasteiger partial charge in [-0.2, -0.15) is 20.5 Å².